The molecule has 7 nitrogen and oxygen atoms in total. The molecule has 27 heavy (non-hydrogen) atoms. The molecule has 1 aliphatic heterocycles. The van der Waals surface area contributed by atoms with Crippen LogP contribution in [0.3, 0.4) is 0 Å². The summed E-state index contributed by atoms with van der Waals surface area (Å²) in [6, 6.07) is 15.0. The molecule has 0 saturated carbocycles. The number of hydrogen-bond acceptors (Lipinski definition) is 5. The van der Waals surface area contributed by atoms with E-state index in [4.69, 9.17) is 0 Å². The SMILES string of the molecule is CN1CCC(n2cnnc2-c2cccc(NC(=O)c3ccccc3)n2)CC1. The number of pyridine rings is 1. The lowest BCUT2D eigenvalue weighted by atomic mass is 10.1. The highest BCUT2D eigenvalue weighted by Gasteiger charge is 2.22. The standard InChI is InChI=1S/C20H22N6O/c1-25-12-10-16(11-13-25)26-14-21-24-19(26)17-8-5-9-18(22-17)23-20(27)15-6-3-2-4-7-15/h2-9,14,16H,10-13H2,1H3,(H,22,23,27). The lowest BCUT2D eigenvalue weighted by Gasteiger charge is -2.30. The van der Waals surface area contributed by atoms with Crippen LogP contribution in [0.1, 0.15) is 29.2 Å². The first kappa shape index (κ1) is 17.4. The van der Waals surface area contributed by atoms with Crippen molar-refractivity contribution in [3.05, 3.63) is 60.4 Å². The zero-order valence-electron chi connectivity index (χ0n) is 15.2. The number of anilines is 1. The Balaban J connectivity index is 1.55. The van der Waals surface area contributed by atoms with Crippen LogP contribution in [0, 0.1) is 0 Å². The van der Waals surface area contributed by atoms with Gasteiger partial charge in [-0.05, 0) is 57.2 Å². The van der Waals surface area contributed by atoms with Crippen LogP contribution in [-0.2, 0) is 0 Å². The molecule has 0 aliphatic carbocycles. The van der Waals surface area contributed by atoms with Crippen molar-refractivity contribution >= 4 is 11.7 Å². The zero-order chi connectivity index (χ0) is 18.6. The van der Waals surface area contributed by atoms with Crippen LogP contribution in [-0.4, -0.2) is 50.7 Å². The first-order valence-electron chi connectivity index (χ1n) is 9.12. The van der Waals surface area contributed by atoms with Crippen molar-refractivity contribution in [2.75, 3.05) is 25.5 Å². The number of nitrogens with one attached hydrogen (secondary N) is 1. The molecule has 0 unspecified atom stereocenters. The second kappa shape index (κ2) is 7.67. The van der Waals surface area contributed by atoms with Gasteiger partial charge in [0.1, 0.15) is 17.8 Å². The van der Waals surface area contributed by atoms with Gasteiger partial charge in [-0.2, -0.15) is 0 Å². The monoisotopic (exact) mass is 362 g/mol. The minimum atomic E-state index is -0.183. The first-order valence-corrected chi connectivity index (χ1v) is 9.12. The van der Waals surface area contributed by atoms with Gasteiger partial charge in [0, 0.05) is 11.6 Å². The Kier molecular flexibility index (Phi) is 4.93. The molecule has 0 atom stereocenters. The van der Waals surface area contributed by atoms with Gasteiger partial charge in [0.15, 0.2) is 5.82 Å². The summed E-state index contributed by atoms with van der Waals surface area (Å²) in [6.45, 7) is 2.12. The molecule has 4 rings (SSSR count). The number of nitrogens with zero attached hydrogens (tertiary/aromatic N) is 5. The van der Waals surface area contributed by atoms with E-state index in [9.17, 15) is 4.79 Å². The van der Waals surface area contributed by atoms with Crippen molar-refractivity contribution in [1.82, 2.24) is 24.6 Å². The Bertz CT molecular complexity index is 915. The molecule has 1 N–H and O–H groups in total. The molecule has 3 aromatic rings. The van der Waals surface area contributed by atoms with Crippen LogP contribution in [0.25, 0.3) is 11.5 Å². The lowest BCUT2D eigenvalue weighted by Crippen LogP contribution is -2.31. The van der Waals surface area contributed by atoms with Crippen LogP contribution in [0.15, 0.2) is 54.9 Å². The number of carbonyl (C=O) groups excluding carboxylic acids is 1. The Morgan fingerprint density at radius 3 is 2.63 bits per heavy atom. The molecule has 7 heteroatoms. The van der Waals surface area contributed by atoms with E-state index in [1.165, 1.54) is 0 Å². The van der Waals surface area contributed by atoms with Gasteiger partial charge in [-0.15, -0.1) is 10.2 Å². The lowest BCUT2D eigenvalue weighted by molar-refractivity contribution is 0.102. The van der Waals surface area contributed by atoms with Gasteiger partial charge in [0.2, 0.25) is 0 Å². The number of rotatable bonds is 4. The van der Waals surface area contributed by atoms with Crippen LogP contribution in [0.4, 0.5) is 5.82 Å². The summed E-state index contributed by atoms with van der Waals surface area (Å²) in [5.74, 6) is 1.05. The molecule has 1 fully saturated rings. The van der Waals surface area contributed by atoms with E-state index in [2.05, 4.69) is 37.0 Å². The second-order valence-corrected chi connectivity index (χ2v) is 6.82. The maximum absolute atomic E-state index is 12.4. The Hall–Kier alpha value is -3.06. The van der Waals surface area contributed by atoms with E-state index in [1.54, 1.807) is 24.5 Å². The van der Waals surface area contributed by atoms with Crippen molar-refractivity contribution in [3.8, 4) is 11.5 Å². The predicted molar refractivity (Wildman–Crippen MR) is 103 cm³/mol. The molecule has 1 amide bonds. The molecule has 0 bridgehead atoms. The predicted octanol–water partition coefficient (Wildman–Crippen LogP) is 2.86. The third-order valence-corrected chi connectivity index (χ3v) is 4.91. The van der Waals surface area contributed by atoms with Crippen LogP contribution in [0.2, 0.25) is 0 Å². The maximum atomic E-state index is 12.4. The number of carbonyl (C=O) groups is 1. The highest BCUT2D eigenvalue weighted by atomic mass is 16.1. The molecule has 1 aromatic carbocycles. The molecular weight excluding hydrogens is 340 g/mol. The number of aromatic nitrogens is 4. The van der Waals surface area contributed by atoms with Crippen molar-refractivity contribution < 1.29 is 4.79 Å². The summed E-state index contributed by atoms with van der Waals surface area (Å²) in [5.41, 5.74) is 1.30. The molecule has 1 aliphatic rings. The van der Waals surface area contributed by atoms with Gasteiger partial charge in [-0.25, -0.2) is 4.98 Å². The van der Waals surface area contributed by atoms with Crippen LogP contribution < -0.4 is 5.32 Å². The van der Waals surface area contributed by atoms with E-state index >= 15 is 0 Å². The Labute approximate surface area is 158 Å². The summed E-state index contributed by atoms with van der Waals surface area (Å²) < 4.78 is 2.11. The molecule has 0 spiro atoms. The topological polar surface area (TPSA) is 75.9 Å². The molecule has 138 valence electrons. The molecular formula is C20H22N6O. The highest BCUT2D eigenvalue weighted by Crippen LogP contribution is 2.26. The summed E-state index contributed by atoms with van der Waals surface area (Å²) in [4.78, 5) is 19.3. The molecule has 3 heterocycles. The van der Waals surface area contributed by atoms with E-state index in [-0.39, 0.29) is 5.91 Å². The van der Waals surface area contributed by atoms with Crippen molar-refractivity contribution in [2.24, 2.45) is 0 Å². The number of likely N-dealkylation sites (tertiary alicyclic amines) is 1. The van der Waals surface area contributed by atoms with E-state index in [0.717, 1.165) is 31.8 Å². The summed E-state index contributed by atoms with van der Waals surface area (Å²) in [7, 11) is 2.14. The van der Waals surface area contributed by atoms with Crippen molar-refractivity contribution in [2.45, 2.75) is 18.9 Å². The van der Waals surface area contributed by atoms with Crippen LogP contribution in [0.5, 0.6) is 0 Å². The Morgan fingerprint density at radius 2 is 1.85 bits per heavy atom. The largest absolute Gasteiger partial charge is 0.309 e. The van der Waals surface area contributed by atoms with E-state index < -0.39 is 0 Å². The van der Waals surface area contributed by atoms with Crippen molar-refractivity contribution in [1.29, 1.82) is 0 Å². The normalized spacial score (nSPS) is 15.6. The van der Waals surface area contributed by atoms with Crippen molar-refractivity contribution in [3.63, 3.8) is 0 Å². The van der Waals surface area contributed by atoms with Gasteiger partial charge < -0.3 is 14.8 Å². The summed E-state index contributed by atoms with van der Waals surface area (Å²) in [5, 5.41) is 11.2. The van der Waals surface area contributed by atoms with Gasteiger partial charge >= 0.3 is 0 Å². The third-order valence-electron chi connectivity index (χ3n) is 4.91. The average molecular weight is 362 g/mol. The fourth-order valence-electron chi connectivity index (χ4n) is 3.37. The molecule has 0 radical (unpaired) electrons. The van der Waals surface area contributed by atoms with Gasteiger partial charge in [0.05, 0.1) is 0 Å². The highest BCUT2D eigenvalue weighted by molar-refractivity contribution is 6.03. The number of amides is 1. The van der Waals surface area contributed by atoms with E-state index in [1.807, 2.05) is 30.3 Å². The van der Waals surface area contributed by atoms with Gasteiger partial charge in [0.25, 0.3) is 5.91 Å². The third kappa shape index (κ3) is 3.88. The second-order valence-electron chi connectivity index (χ2n) is 6.82. The summed E-state index contributed by atoms with van der Waals surface area (Å²) in [6.07, 6.45) is 3.90. The smallest absolute Gasteiger partial charge is 0.256 e. The number of piperidine rings is 1. The average Bonchev–Trinajstić information content (AvgIpc) is 3.19. The van der Waals surface area contributed by atoms with Gasteiger partial charge in [-0.1, -0.05) is 24.3 Å². The Morgan fingerprint density at radius 1 is 1.07 bits per heavy atom. The minimum Gasteiger partial charge on any atom is -0.309 e. The molecule has 2 aromatic heterocycles. The van der Waals surface area contributed by atoms with Crippen LogP contribution >= 0.6 is 0 Å². The molecule has 1 saturated heterocycles. The maximum Gasteiger partial charge on any atom is 0.256 e. The fourth-order valence-corrected chi connectivity index (χ4v) is 3.37. The quantitative estimate of drug-likeness (QED) is 0.772. The van der Waals surface area contributed by atoms with E-state index in [0.29, 0.717) is 23.1 Å². The minimum absolute atomic E-state index is 0.183. The number of hydrogen-bond donors (Lipinski definition) is 1. The summed E-state index contributed by atoms with van der Waals surface area (Å²) >= 11 is 0. The zero-order valence-corrected chi connectivity index (χ0v) is 15.2. The van der Waals surface area contributed by atoms with Gasteiger partial charge in [-0.3, -0.25) is 4.79 Å². The number of benzene rings is 1. The fraction of sp³-hybridized carbons (Fsp3) is 0.300. The first-order chi connectivity index (χ1) is 13.2.